The minimum atomic E-state index is 0.355. The summed E-state index contributed by atoms with van der Waals surface area (Å²) in [7, 11) is 0. The Hall–Kier alpha value is -4.50. The minimum absolute atomic E-state index is 0.355. The average Bonchev–Trinajstić information content (AvgIpc) is 3.26. The zero-order valence-electron chi connectivity index (χ0n) is 23.6. The molecule has 0 amide bonds. The summed E-state index contributed by atoms with van der Waals surface area (Å²) in [5.41, 5.74) is 9.63. The molecule has 0 saturated heterocycles. The summed E-state index contributed by atoms with van der Waals surface area (Å²) < 4.78 is 6.12. The van der Waals surface area contributed by atoms with E-state index in [1.54, 1.807) is 0 Å². The lowest BCUT2D eigenvalue weighted by Crippen LogP contribution is -2.11. The highest BCUT2D eigenvalue weighted by Gasteiger charge is 2.28. The Morgan fingerprint density at radius 1 is 0.575 bits per heavy atom. The molecule has 1 aliphatic carbocycles. The summed E-state index contributed by atoms with van der Waals surface area (Å²) in [6.45, 7) is 9.40. The molecule has 0 bridgehead atoms. The van der Waals surface area contributed by atoms with E-state index in [1.807, 2.05) is 42.5 Å². The lowest BCUT2D eigenvalue weighted by atomic mass is 9.92. The van der Waals surface area contributed by atoms with Crippen LogP contribution in [0.2, 0.25) is 0 Å². The largest absolute Gasteiger partial charge is 0.489 e. The van der Waals surface area contributed by atoms with Gasteiger partial charge in [-0.3, -0.25) is 0 Å². The van der Waals surface area contributed by atoms with Gasteiger partial charge in [0.1, 0.15) is 12.4 Å². The standard InChI is InChI=1S/C37H34N2O/c1-24(2)29-18-12-19-30(25(3)4)35(29)39-37-32-21-11-15-26-14-10-20-31(34(26)32)36(37)38-33-22-9-8-13-27(33)23-40-28-16-6-5-7-17-28/h5-22,24-25H,23H2,1-4H3. The monoisotopic (exact) mass is 522 g/mol. The fraction of sp³-hybridized carbons (Fsp3) is 0.189. The second-order valence-corrected chi connectivity index (χ2v) is 11.0. The predicted octanol–water partition coefficient (Wildman–Crippen LogP) is 9.92. The first-order valence-corrected chi connectivity index (χ1v) is 14.1. The van der Waals surface area contributed by atoms with Gasteiger partial charge in [0, 0.05) is 22.1 Å². The number of ether oxygens (including phenoxy) is 1. The summed E-state index contributed by atoms with van der Waals surface area (Å²) in [6, 6.07) is 37.7. The molecule has 5 aromatic carbocycles. The van der Waals surface area contributed by atoms with Gasteiger partial charge in [-0.05, 0) is 46.5 Å². The third-order valence-electron chi connectivity index (χ3n) is 7.57. The van der Waals surface area contributed by atoms with E-state index in [0.717, 1.165) is 45.2 Å². The van der Waals surface area contributed by atoms with E-state index in [0.29, 0.717) is 18.4 Å². The van der Waals surface area contributed by atoms with Gasteiger partial charge in [-0.15, -0.1) is 0 Å². The first-order valence-electron chi connectivity index (χ1n) is 14.1. The number of hydrogen-bond donors (Lipinski definition) is 0. The second kappa shape index (κ2) is 10.9. The molecule has 0 aliphatic heterocycles. The second-order valence-electron chi connectivity index (χ2n) is 11.0. The van der Waals surface area contributed by atoms with Crippen molar-refractivity contribution in [2.45, 2.75) is 46.1 Å². The fourth-order valence-corrected chi connectivity index (χ4v) is 5.51. The molecule has 5 aromatic rings. The maximum Gasteiger partial charge on any atom is 0.119 e. The highest BCUT2D eigenvalue weighted by molar-refractivity contribution is 6.61. The Morgan fingerprint density at radius 2 is 1.15 bits per heavy atom. The van der Waals surface area contributed by atoms with Gasteiger partial charge in [0.15, 0.2) is 0 Å². The lowest BCUT2D eigenvalue weighted by Gasteiger charge is -2.17. The lowest BCUT2D eigenvalue weighted by molar-refractivity contribution is 0.306. The van der Waals surface area contributed by atoms with Gasteiger partial charge in [0.05, 0.1) is 22.8 Å². The van der Waals surface area contributed by atoms with Crippen molar-refractivity contribution < 1.29 is 4.74 Å². The van der Waals surface area contributed by atoms with E-state index in [4.69, 9.17) is 14.7 Å². The molecule has 0 fully saturated rings. The Labute approximate surface area is 236 Å². The van der Waals surface area contributed by atoms with E-state index < -0.39 is 0 Å². The van der Waals surface area contributed by atoms with Crippen LogP contribution >= 0.6 is 0 Å². The first kappa shape index (κ1) is 25.8. The van der Waals surface area contributed by atoms with Gasteiger partial charge >= 0.3 is 0 Å². The van der Waals surface area contributed by atoms with Gasteiger partial charge in [-0.25, -0.2) is 9.98 Å². The summed E-state index contributed by atoms with van der Waals surface area (Å²) in [5, 5.41) is 2.42. The van der Waals surface area contributed by atoms with Gasteiger partial charge in [-0.1, -0.05) is 119 Å². The molecular formula is C37H34N2O. The highest BCUT2D eigenvalue weighted by atomic mass is 16.5. The van der Waals surface area contributed by atoms with Crippen molar-refractivity contribution in [3.8, 4) is 5.75 Å². The zero-order chi connectivity index (χ0) is 27.6. The third-order valence-corrected chi connectivity index (χ3v) is 7.57. The van der Waals surface area contributed by atoms with Crippen molar-refractivity contribution >= 4 is 33.6 Å². The molecule has 198 valence electrons. The van der Waals surface area contributed by atoms with Crippen LogP contribution in [0.15, 0.2) is 119 Å². The smallest absolute Gasteiger partial charge is 0.119 e. The van der Waals surface area contributed by atoms with Gasteiger partial charge in [0.2, 0.25) is 0 Å². The van der Waals surface area contributed by atoms with Crippen LogP contribution in [0.3, 0.4) is 0 Å². The topological polar surface area (TPSA) is 34.0 Å². The van der Waals surface area contributed by atoms with Gasteiger partial charge in [0.25, 0.3) is 0 Å². The van der Waals surface area contributed by atoms with Crippen molar-refractivity contribution in [1.82, 2.24) is 0 Å². The summed E-state index contributed by atoms with van der Waals surface area (Å²) in [4.78, 5) is 10.8. The predicted molar refractivity (Wildman–Crippen MR) is 168 cm³/mol. The Balaban J connectivity index is 1.54. The first-order chi connectivity index (χ1) is 19.5. The SMILES string of the molecule is CC(C)c1cccc(C(C)C)c1N=C1C(=Nc2ccccc2COc2ccccc2)c2cccc3cccc1c23. The van der Waals surface area contributed by atoms with Crippen LogP contribution < -0.4 is 4.74 Å². The Bertz CT molecular complexity index is 1710. The van der Waals surface area contributed by atoms with Crippen molar-refractivity contribution in [3.63, 3.8) is 0 Å². The number of para-hydroxylation sites is 3. The number of nitrogens with zero attached hydrogens (tertiary/aromatic N) is 2. The summed E-state index contributed by atoms with van der Waals surface area (Å²) in [5.74, 6) is 1.56. The molecule has 0 N–H and O–H groups in total. The molecule has 3 nitrogen and oxygen atoms in total. The molecule has 0 spiro atoms. The van der Waals surface area contributed by atoms with Crippen molar-refractivity contribution in [1.29, 1.82) is 0 Å². The minimum Gasteiger partial charge on any atom is -0.489 e. The van der Waals surface area contributed by atoms with E-state index >= 15 is 0 Å². The van der Waals surface area contributed by atoms with Crippen LogP contribution in [0, 0.1) is 0 Å². The molecule has 0 radical (unpaired) electrons. The van der Waals surface area contributed by atoms with Crippen LogP contribution in [-0.4, -0.2) is 11.4 Å². The van der Waals surface area contributed by atoms with E-state index in [9.17, 15) is 0 Å². The molecular weight excluding hydrogens is 488 g/mol. The molecule has 6 rings (SSSR count). The molecule has 0 unspecified atom stereocenters. The van der Waals surface area contributed by atoms with E-state index in [1.165, 1.54) is 21.9 Å². The molecule has 1 aliphatic rings. The number of hydrogen-bond acceptors (Lipinski definition) is 3. The number of aliphatic imine (C=N–C) groups is 2. The molecule has 0 aromatic heterocycles. The number of benzene rings is 5. The molecule has 0 atom stereocenters. The average molecular weight is 523 g/mol. The van der Waals surface area contributed by atoms with Crippen molar-refractivity contribution in [3.05, 3.63) is 137 Å². The molecule has 0 saturated carbocycles. The highest BCUT2D eigenvalue weighted by Crippen LogP contribution is 2.39. The Morgan fingerprint density at radius 3 is 1.80 bits per heavy atom. The summed E-state index contributed by atoms with van der Waals surface area (Å²) >= 11 is 0. The molecule has 3 heteroatoms. The molecule has 0 heterocycles. The van der Waals surface area contributed by atoms with Gasteiger partial charge < -0.3 is 4.74 Å². The molecule has 40 heavy (non-hydrogen) atoms. The van der Waals surface area contributed by atoms with E-state index in [-0.39, 0.29) is 0 Å². The van der Waals surface area contributed by atoms with Crippen molar-refractivity contribution in [2.75, 3.05) is 0 Å². The van der Waals surface area contributed by atoms with Gasteiger partial charge in [-0.2, -0.15) is 0 Å². The maximum atomic E-state index is 6.12. The van der Waals surface area contributed by atoms with Crippen LogP contribution in [0.1, 0.15) is 67.3 Å². The number of rotatable bonds is 7. The Kier molecular flexibility index (Phi) is 7.04. The quantitative estimate of drug-likeness (QED) is 0.209. The van der Waals surface area contributed by atoms with Crippen LogP contribution in [-0.2, 0) is 6.61 Å². The normalized spacial score (nSPS) is 14.7. The van der Waals surface area contributed by atoms with Crippen LogP contribution in [0.4, 0.5) is 11.4 Å². The maximum absolute atomic E-state index is 6.12. The van der Waals surface area contributed by atoms with Crippen LogP contribution in [0.25, 0.3) is 10.8 Å². The third kappa shape index (κ3) is 4.84. The van der Waals surface area contributed by atoms with Crippen LogP contribution in [0.5, 0.6) is 5.75 Å². The fourth-order valence-electron chi connectivity index (χ4n) is 5.51. The zero-order valence-corrected chi connectivity index (χ0v) is 23.6. The van der Waals surface area contributed by atoms with Crippen molar-refractivity contribution in [2.24, 2.45) is 9.98 Å². The van der Waals surface area contributed by atoms with E-state index in [2.05, 4.69) is 94.4 Å². The summed E-state index contributed by atoms with van der Waals surface area (Å²) in [6.07, 6.45) is 0.